The molecule has 0 N–H and O–H groups in total. The van der Waals surface area contributed by atoms with Gasteiger partial charge in [-0.25, -0.2) is 14.5 Å². The van der Waals surface area contributed by atoms with Gasteiger partial charge in [-0.2, -0.15) is 0 Å². The fraction of sp³-hybridized carbons (Fsp3) is 0.412. The Hall–Kier alpha value is -2.14. The largest absolute Gasteiger partial charge is 0.445 e. The minimum atomic E-state index is 0.415. The van der Waals surface area contributed by atoms with Gasteiger partial charge in [-0.15, -0.1) is 0 Å². The number of likely N-dealkylation sites (N-methyl/N-ethyl adjacent to an activating group) is 1. The Kier molecular flexibility index (Phi) is 3.22. The SMILES string of the molecule is Cc1ccc(-n2c(C3CCCN(C)C3)nc3cccnc32)o1. The molecule has 1 saturated heterocycles. The minimum Gasteiger partial charge on any atom is -0.445 e. The van der Waals surface area contributed by atoms with Crippen molar-refractivity contribution in [1.29, 1.82) is 0 Å². The predicted molar refractivity (Wildman–Crippen MR) is 85.3 cm³/mol. The highest BCUT2D eigenvalue weighted by atomic mass is 16.4. The maximum Gasteiger partial charge on any atom is 0.206 e. The van der Waals surface area contributed by atoms with Crippen molar-refractivity contribution in [3.8, 4) is 5.88 Å². The zero-order chi connectivity index (χ0) is 15.1. The normalized spacial score (nSPS) is 19.8. The van der Waals surface area contributed by atoms with Crippen LogP contribution in [0.25, 0.3) is 17.0 Å². The molecule has 5 nitrogen and oxygen atoms in total. The summed E-state index contributed by atoms with van der Waals surface area (Å²) in [5.41, 5.74) is 1.81. The van der Waals surface area contributed by atoms with Gasteiger partial charge < -0.3 is 9.32 Å². The van der Waals surface area contributed by atoms with E-state index in [1.165, 1.54) is 6.42 Å². The van der Waals surface area contributed by atoms with E-state index in [1.807, 2.05) is 37.4 Å². The molecule has 1 fully saturated rings. The number of furan rings is 1. The molecule has 1 aliphatic rings. The molecular weight excluding hydrogens is 276 g/mol. The smallest absolute Gasteiger partial charge is 0.206 e. The molecule has 5 heteroatoms. The fourth-order valence-electron chi connectivity index (χ4n) is 3.34. The average molecular weight is 296 g/mol. The highest BCUT2D eigenvalue weighted by Gasteiger charge is 2.26. The first-order valence-electron chi connectivity index (χ1n) is 7.81. The Balaban J connectivity index is 1.89. The van der Waals surface area contributed by atoms with Crippen molar-refractivity contribution in [2.24, 2.45) is 0 Å². The van der Waals surface area contributed by atoms with Gasteiger partial charge in [0.1, 0.15) is 17.1 Å². The average Bonchev–Trinajstić information content (AvgIpc) is 3.10. The van der Waals surface area contributed by atoms with Gasteiger partial charge in [-0.1, -0.05) is 0 Å². The summed E-state index contributed by atoms with van der Waals surface area (Å²) in [6, 6.07) is 7.94. The standard InChI is InChI=1S/C17H20N4O/c1-12-7-8-15(22-12)21-16(13-5-4-10-20(2)11-13)19-14-6-3-9-18-17(14)21/h3,6-9,13H,4-5,10-11H2,1-2H3. The van der Waals surface area contributed by atoms with Crippen LogP contribution in [0.5, 0.6) is 0 Å². The lowest BCUT2D eigenvalue weighted by molar-refractivity contribution is 0.244. The molecule has 0 aromatic carbocycles. The van der Waals surface area contributed by atoms with Crippen molar-refractivity contribution in [3.63, 3.8) is 0 Å². The van der Waals surface area contributed by atoms with Crippen LogP contribution in [0.3, 0.4) is 0 Å². The lowest BCUT2D eigenvalue weighted by Crippen LogP contribution is -2.32. The molecule has 0 spiro atoms. The van der Waals surface area contributed by atoms with Crippen molar-refractivity contribution in [2.45, 2.75) is 25.7 Å². The van der Waals surface area contributed by atoms with Gasteiger partial charge in [0, 0.05) is 24.7 Å². The fourth-order valence-corrected chi connectivity index (χ4v) is 3.34. The number of piperidine rings is 1. The molecule has 114 valence electrons. The zero-order valence-electron chi connectivity index (χ0n) is 13.0. The van der Waals surface area contributed by atoms with E-state index < -0.39 is 0 Å². The lowest BCUT2D eigenvalue weighted by Gasteiger charge is -2.29. The first-order chi connectivity index (χ1) is 10.7. The molecule has 1 atom stereocenters. The Morgan fingerprint density at radius 1 is 1.27 bits per heavy atom. The summed E-state index contributed by atoms with van der Waals surface area (Å²) in [5, 5.41) is 0. The third kappa shape index (κ3) is 2.22. The van der Waals surface area contributed by atoms with E-state index in [2.05, 4.69) is 21.5 Å². The van der Waals surface area contributed by atoms with Gasteiger partial charge in [-0.3, -0.25) is 0 Å². The summed E-state index contributed by atoms with van der Waals surface area (Å²) in [7, 11) is 2.18. The summed E-state index contributed by atoms with van der Waals surface area (Å²) < 4.78 is 7.95. The molecule has 0 aliphatic carbocycles. The van der Waals surface area contributed by atoms with Crippen LogP contribution >= 0.6 is 0 Å². The van der Waals surface area contributed by atoms with Crippen LogP contribution in [-0.2, 0) is 0 Å². The van der Waals surface area contributed by atoms with Crippen molar-refractivity contribution >= 4 is 11.2 Å². The quantitative estimate of drug-likeness (QED) is 0.729. The monoisotopic (exact) mass is 296 g/mol. The molecule has 0 bridgehead atoms. The van der Waals surface area contributed by atoms with Crippen LogP contribution in [0.4, 0.5) is 0 Å². The van der Waals surface area contributed by atoms with Crippen LogP contribution in [0.1, 0.15) is 30.3 Å². The van der Waals surface area contributed by atoms with Gasteiger partial charge >= 0.3 is 0 Å². The molecule has 1 aliphatic heterocycles. The molecule has 4 rings (SSSR count). The molecule has 3 aromatic rings. The number of imidazole rings is 1. The molecule has 0 amide bonds. The number of aryl methyl sites for hydroxylation is 1. The molecular formula is C17H20N4O. The van der Waals surface area contributed by atoms with E-state index in [-0.39, 0.29) is 0 Å². The summed E-state index contributed by atoms with van der Waals surface area (Å²) >= 11 is 0. The second-order valence-corrected chi connectivity index (χ2v) is 6.14. The van der Waals surface area contributed by atoms with Crippen LogP contribution < -0.4 is 0 Å². The van der Waals surface area contributed by atoms with E-state index in [4.69, 9.17) is 9.40 Å². The second kappa shape index (κ2) is 5.25. The van der Waals surface area contributed by atoms with Gasteiger partial charge in [0.05, 0.1) is 0 Å². The second-order valence-electron chi connectivity index (χ2n) is 6.14. The molecule has 0 radical (unpaired) electrons. The Morgan fingerprint density at radius 3 is 2.95 bits per heavy atom. The number of fused-ring (bicyclic) bond motifs is 1. The summed E-state index contributed by atoms with van der Waals surface area (Å²) in [4.78, 5) is 11.8. The van der Waals surface area contributed by atoms with E-state index in [9.17, 15) is 0 Å². The molecule has 4 heterocycles. The third-order valence-corrected chi connectivity index (χ3v) is 4.38. The number of hydrogen-bond acceptors (Lipinski definition) is 4. The molecule has 3 aromatic heterocycles. The van der Waals surface area contributed by atoms with Gasteiger partial charge in [0.25, 0.3) is 0 Å². The van der Waals surface area contributed by atoms with Gasteiger partial charge in [0.2, 0.25) is 5.88 Å². The van der Waals surface area contributed by atoms with Crippen LogP contribution in [0.15, 0.2) is 34.9 Å². The van der Waals surface area contributed by atoms with Crippen molar-refractivity contribution in [2.75, 3.05) is 20.1 Å². The number of likely N-dealkylation sites (tertiary alicyclic amines) is 1. The Bertz CT molecular complexity index is 804. The lowest BCUT2D eigenvalue weighted by atomic mass is 9.97. The van der Waals surface area contributed by atoms with E-state index in [0.29, 0.717) is 5.92 Å². The number of pyridine rings is 1. The van der Waals surface area contributed by atoms with Crippen LogP contribution in [0, 0.1) is 6.92 Å². The first-order valence-corrected chi connectivity index (χ1v) is 7.81. The van der Waals surface area contributed by atoms with Gasteiger partial charge in [0.15, 0.2) is 5.65 Å². The maximum atomic E-state index is 5.86. The van der Waals surface area contributed by atoms with Crippen molar-refractivity contribution in [1.82, 2.24) is 19.4 Å². The Labute approximate surface area is 129 Å². The predicted octanol–water partition coefficient (Wildman–Crippen LogP) is 3.13. The Morgan fingerprint density at radius 2 is 2.18 bits per heavy atom. The topological polar surface area (TPSA) is 47.1 Å². The minimum absolute atomic E-state index is 0.415. The highest BCUT2D eigenvalue weighted by Crippen LogP contribution is 2.31. The summed E-state index contributed by atoms with van der Waals surface area (Å²) in [6.07, 6.45) is 4.18. The maximum absolute atomic E-state index is 5.86. The number of nitrogens with zero attached hydrogens (tertiary/aromatic N) is 4. The number of aromatic nitrogens is 3. The number of hydrogen-bond donors (Lipinski definition) is 0. The van der Waals surface area contributed by atoms with E-state index >= 15 is 0 Å². The van der Waals surface area contributed by atoms with Crippen LogP contribution in [-0.4, -0.2) is 39.6 Å². The highest BCUT2D eigenvalue weighted by molar-refractivity contribution is 5.73. The van der Waals surface area contributed by atoms with Gasteiger partial charge in [-0.05, 0) is 51.6 Å². The van der Waals surface area contributed by atoms with E-state index in [0.717, 1.165) is 48.1 Å². The molecule has 22 heavy (non-hydrogen) atoms. The third-order valence-electron chi connectivity index (χ3n) is 4.38. The summed E-state index contributed by atoms with van der Waals surface area (Å²) in [5.74, 6) is 3.19. The van der Waals surface area contributed by atoms with E-state index in [1.54, 1.807) is 0 Å². The molecule has 0 saturated carbocycles. The molecule has 1 unspecified atom stereocenters. The first kappa shape index (κ1) is 13.5. The van der Waals surface area contributed by atoms with Crippen LogP contribution in [0.2, 0.25) is 0 Å². The van der Waals surface area contributed by atoms with Crippen molar-refractivity contribution < 1.29 is 4.42 Å². The number of rotatable bonds is 2. The summed E-state index contributed by atoms with van der Waals surface area (Å²) in [6.45, 7) is 4.15. The zero-order valence-corrected chi connectivity index (χ0v) is 13.0. The van der Waals surface area contributed by atoms with Crippen molar-refractivity contribution in [3.05, 3.63) is 42.0 Å².